The Bertz CT molecular complexity index is 446. The average Bonchev–Trinajstić information content (AvgIpc) is 2.53. The topological polar surface area (TPSA) is 18.5 Å². The van der Waals surface area contributed by atoms with E-state index in [1.165, 1.54) is 35.3 Å². The molecule has 1 aromatic carbocycles. The number of hydrogen-bond acceptors (Lipinski definition) is 2. The Morgan fingerprint density at radius 3 is 2.45 bits per heavy atom. The van der Waals surface area contributed by atoms with Gasteiger partial charge >= 0.3 is 18.9 Å². The van der Waals surface area contributed by atoms with Gasteiger partial charge in [0.25, 0.3) is 0 Å². The van der Waals surface area contributed by atoms with E-state index in [9.17, 15) is 0 Å². The molecule has 0 bridgehead atoms. The Morgan fingerprint density at radius 2 is 1.91 bits per heavy atom. The molecule has 2 nitrogen and oxygen atoms in total. The third-order valence-electron chi connectivity index (χ3n) is 5.04. The summed E-state index contributed by atoms with van der Waals surface area (Å²) in [7, 11) is -1.47. The van der Waals surface area contributed by atoms with E-state index in [0.717, 1.165) is 25.2 Å². The predicted octanol–water partition coefficient (Wildman–Crippen LogP) is 3.77. The van der Waals surface area contributed by atoms with Crippen molar-refractivity contribution in [2.24, 2.45) is 0 Å². The third-order valence-corrected chi connectivity index (χ3v) is 10.6. The fraction of sp³-hybridized carbons (Fsp3) is 0.667. The van der Waals surface area contributed by atoms with Crippen molar-refractivity contribution < 1.29 is 9.47 Å². The molecule has 1 aliphatic rings. The van der Waals surface area contributed by atoms with Crippen molar-refractivity contribution in [3.63, 3.8) is 0 Å². The van der Waals surface area contributed by atoms with Crippen LogP contribution in [0.5, 0.6) is 5.75 Å². The van der Waals surface area contributed by atoms with Crippen molar-refractivity contribution in [3.8, 4) is 5.75 Å². The summed E-state index contributed by atoms with van der Waals surface area (Å²) in [6, 6.07) is 11.6. The summed E-state index contributed by atoms with van der Waals surface area (Å²) in [6.45, 7) is 9.98. The zero-order valence-corrected chi connectivity index (χ0v) is 15.0. The molecular formula is C18H30LiO2Si. The van der Waals surface area contributed by atoms with E-state index in [-0.39, 0.29) is 25.2 Å². The second-order valence-corrected chi connectivity index (χ2v) is 11.4. The van der Waals surface area contributed by atoms with Crippen molar-refractivity contribution in [2.75, 3.05) is 6.61 Å². The van der Waals surface area contributed by atoms with Gasteiger partial charge < -0.3 is 9.47 Å². The van der Waals surface area contributed by atoms with Crippen LogP contribution in [0, 0.1) is 13.0 Å². The number of aryl methyl sites for hydroxylation is 1. The first-order valence-corrected chi connectivity index (χ1v) is 11.1. The van der Waals surface area contributed by atoms with Gasteiger partial charge in [0.05, 0.1) is 14.7 Å². The molecule has 0 aromatic heterocycles. The first kappa shape index (κ1) is 19.8. The zero-order valence-electron chi connectivity index (χ0n) is 14.0. The van der Waals surface area contributed by atoms with Gasteiger partial charge in [-0.3, -0.25) is 0 Å². The normalized spacial score (nSPS) is 18.6. The minimum absolute atomic E-state index is 0. The zero-order chi connectivity index (χ0) is 15.3. The number of benzene rings is 1. The van der Waals surface area contributed by atoms with Crippen LogP contribution in [-0.2, 0) is 4.74 Å². The van der Waals surface area contributed by atoms with Crippen LogP contribution in [0.3, 0.4) is 0 Å². The van der Waals surface area contributed by atoms with E-state index in [0.29, 0.717) is 0 Å². The molecule has 2 rings (SSSR count). The van der Waals surface area contributed by atoms with Gasteiger partial charge in [0, 0.05) is 12.5 Å². The molecule has 0 aliphatic carbocycles. The van der Waals surface area contributed by atoms with Gasteiger partial charge in [-0.25, -0.2) is 0 Å². The summed E-state index contributed by atoms with van der Waals surface area (Å²) >= 11 is 0. The molecule has 1 aromatic rings. The molecule has 22 heavy (non-hydrogen) atoms. The van der Waals surface area contributed by atoms with E-state index in [1.807, 2.05) is 6.07 Å². The van der Waals surface area contributed by atoms with Crippen LogP contribution in [0.25, 0.3) is 0 Å². The first-order valence-electron chi connectivity index (χ1n) is 8.46. The van der Waals surface area contributed by atoms with Gasteiger partial charge in [0.15, 0.2) is 6.29 Å². The average molecular weight is 313 g/mol. The first-order chi connectivity index (χ1) is 10.1. The van der Waals surface area contributed by atoms with Crippen molar-refractivity contribution in [1.29, 1.82) is 0 Å². The molecule has 0 saturated carbocycles. The van der Waals surface area contributed by atoms with E-state index >= 15 is 0 Å². The van der Waals surface area contributed by atoms with Crippen molar-refractivity contribution >= 4 is 32.1 Å². The molecule has 1 unspecified atom stereocenters. The van der Waals surface area contributed by atoms with Gasteiger partial charge in [-0.15, -0.1) is 0 Å². The SMILES string of the molecule is CC[Si](CC)(CC)c1cc(C)c[c]c1OC1CCCCO1.[LiH]. The van der Waals surface area contributed by atoms with E-state index in [1.54, 1.807) is 0 Å². The molecule has 1 aliphatic heterocycles. The van der Waals surface area contributed by atoms with Gasteiger partial charge in [0.1, 0.15) is 5.75 Å². The van der Waals surface area contributed by atoms with Crippen molar-refractivity contribution in [3.05, 3.63) is 23.8 Å². The molecule has 1 radical (unpaired) electrons. The Balaban J connectivity index is 0.00000242. The molecule has 0 N–H and O–H groups in total. The molecule has 1 saturated heterocycles. The number of hydrogen-bond donors (Lipinski definition) is 0. The van der Waals surface area contributed by atoms with Gasteiger partial charge in [0.2, 0.25) is 0 Å². The predicted molar refractivity (Wildman–Crippen MR) is 98.2 cm³/mol. The van der Waals surface area contributed by atoms with E-state index in [2.05, 4.69) is 39.8 Å². The van der Waals surface area contributed by atoms with Gasteiger partial charge in [-0.2, -0.15) is 0 Å². The maximum atomic E-state index is 6.21. The molecular weight excluding hydrogens is 283 g/mol. The second kappa shape index (κ2) is 9.18. The number of rotatable bonds is 6. The molecule has 1 fully saturated rings. The number of ether oxygens (including phenoxy) is 2. The summed E-state index contributed by atoms with van der Waals surface area (Å²) in [5, 5.41) is 1.45. The maximum absolute atomic E-state index is 6.21. The van der Waals surface area contributed by atoms with Crippen LogP contribution in [-0.4, -0.2) is 39.8 Å². The fourth-order valence-corrected chi connectivity index (χ4v) is 7.13. The Kier molecular flexibility index (Phi) is 8.28. The monoisotopic (exact) mass is 313 g/mol. The third kappa shape index (κ3) is 4.42. The van der Waals surface area contributed by atoms with E-state index < -0.39 is 8.07 Å². The van der Waals surface area contributed by atoms with Gasteiger partial charge in [-0.1, -0.05) is 50.5 Å². The molecule has 119 valence electrons. The molecule has 1 atom stereocenters. The van der Waals surface area contributed by atoms with Crippen LogP contribution in [0.1, 0.15) is 45.6 Å². The summed E-state index contributed by atoms with van der Waals surface area (Å²) in [5.74, 6) is 0.963. The Morgan fingerprint density at radius 1 is 1.23 bits per heavy atom. The van der Waals surface area contributed by atoms with E-state index in [4.69, 9.17) is 9.47 Å². The van der Waals surface area contributed by atoms with Crippen LogP contribution >= 0.6 is 0 Å². The van der Waals surface area contributed by atoms with Crippen LogP contribution in [0.15, 0.2) is 12.1 Å². The Hall–Kier alpha value is -0.206. The molecule has 0 spiro atoms. The van der Waals surface area contributed by atoms with Crippen molar-refractivity contribution in [1.82, 2.24) is 0 Å². The van der Waals surface area contributed by atoms with Crippen LogP contribution in [0.4, 0.5) is 0 Å². The molecule has 4 heteroatoms. The minimum atomic E-state index is -1.47. The quantitative estimate of drug-likeness (QED) is 0.744. The standard InChI is InChI=1S/C18H29O2Si.Li.H/c1-5-21(6-2,7-3)17-14-15(4)11-12-16(17)20-18-10-8-9-13-19-18;;/h11,14,18H,5-10,13H2,1-4H3;;. The molecule has 1 heterocycles. The van der Waals surface area contributed by atoms with Crippen LogP contribution in [0.2, 0.25) is 18.1 Å². The van der Waals surface area contributed by atoms with Crippen molar-refractivity contribution in [2.45, 2.75) is 71.4 Å². The summed E-state index contributed by atoms with van der Waals surface area (Å²) in [5.41, 5.74) is 1.29. The fourth-order valence-electron chi connectivity index (χ4n) is 3.34. The summed E-state index contributed by atoms with van der Waals surface area (Å²) < 4.78 is 12.0. The molecule has 0 amide bonds. The summed E-state index contributed by atoms with van der Waals surface area (Å²) in [4.78, 5) is 0. The summed E-state index contributed by atoms with van der Waals surface area (Å²) in [6.07, 6.45) is 3.28. The van der Waals surface area contributed by atoms with Crippen LogP contribution < -0.4 is 9.92 Å². The van der Waals surface area contributed by atoms with Gasteiger partial charge in [-0.05, 0) is 31.0 Å². The Labute approximate surface area is 149 Å². The second-order valence-electron chi connectivity index (χ2n) is 6.17.